The molecule has 1 aliphatic rings. The third-order valence-corrected chi connectivity index (χ3v) is 5.11. The Balaban J connectivity index is 1.76. The number of likely N-dealkylation sites (tertiary alicyclic amines) is 1. The van der Waals surface area contributed by atoms with Gasteiger partial charge in [-0.05, 0) is 56.0 Å². The Bertz CT molecular complexity index is 860. The molecule has 1 heterocycles. The number of hydrogen-bond acceptors (Lipinski definition) is 5. The van der Waals surface area contributed by atoms with Crippen LogP contribution in [0.5, 0.6) is 5.75 Å². The van der Waals surface area contributed by atoms with Gasteiger partial charge in [-0.25, -0.2) is 0 Å². The zero-order valence-corrected chi connectivity index (χ0v) is 16.4. The van der Waals surface area contributed by atoms with E-state index in [2.05, 4.69) is 16.6 Å². The van der Waals surface area contributed by atoms with Gasteiger partial charge in [-0.1, -0.05) is 6.07 Å². The minimum atomic E-state index is -0.416. The number of anilines is 1. The predicted molar refractivity (Wildman–Crippen MR) is 110 cm³/mol. The summed E-state index contributed by atoms with van der Waals surface area (Å²) in [4.78, 5) is 12.1. The first-order valence-electron chi connectivity index (χ1n) is 9.62. The molecule has 148 valence electrons. The van der Waals surface area contributed by atoms with Crippen molar-refractivity contribution in [3.05, 3.63) is 63.7 Å². The third-order valence-electron chi connectivity index (χ3n) is 5.11. The van der Waals surface area contributed by atoms with E-state index >= 15 is 0 Å². The van der Waals surface area contributed by atoms with E-state index in [0.29, 0.717) is 5.69 Å². The molecule has 1 fully saturated rings. The van der Waals surface area contributed by atoms with Crippen LogP contribution in [-0.2, 0) is 6.54 Å². The van der Waals surface area contributed by atoms with Crippen molar-refractivity contribution in [3.8, 4) is 5.75 Å². The molecule has 2 aromatic rings. The fourth-order valence-corrected chi connectivity index (χ4v) is 3.54. The number of nitro groups is 1. The lowest BCUT2D eigenvalue weighted by molar-refractivity contribution is -0.918. The Morgan fingerprint density at radius 2 is 2.00 bits per heavy atom. The van der Waals surface area contributed by atoms with Crippen molar-refractivity contribution >= 4 is 17.1 Å². The molecule has 28 heavy (non-hydrogen) atoms. The monoisotopic (exact) mass is 383 g/mol. The van der Waals surface area contributed by atoms with Crippen molar-refractivity contribution in [2.75, 3.05) is 25.6 Å². The van der Waals surface area contributed by atoms with Gasteiger partial charge in [0.05, 0.1) is 36.5 Å². The second-order valence-electron chi connectivity index (χ2n) is 7.13. The van der Waals surface area contributed by atoms with Gasteiger partial charge < -0.3 is 9.64 Å². The molecule has 7 heteroatoms. The number of quaternary nitrogens is 1. The summed E-state index contributed by atoms with van der Waals surface area (Å²) in [6.07, 6.45) is 3.89. The molecule has 2 aromatic carbocycles. The predicted octanol–water partition coefficient (Wildman–Crippen LogP) is 3.01. The van der Waals surface area contributed by atoms with Crippen LogP contribution in [0.2, 0.25) is 0 Å². The van der Waals surface area contributed by atoms with Crippen molar-refractivity contribution < 1.29 is 14.6 Å². The maximum Gasteiger partial charge on any atom is 0.271 e. The van der Waals surface area contributed by atoms with Gasteiger partial charge in [0.2, 0.25) is 0 Å². The number of nitro benzene ring substituents is 1. The molecule has 0 radical (unpaired) electrons. The first kappa shape index (κ1) is 19.8. The fraction of sp³-hybridized carbons (Fsp3) is 0.381. The highest BCUT2D eigenvalue weighted by Crippen LogP contribution is 2.21. The van der Waals surface area contributed by atoms with Crippen molar-refractivity contribution in [2.45, 2.75) is 32.7 Å². The lowest BCUT2D eigenvalue weighted by atomic mass is 10.0. The fourth-order valence-electron chi connectivity index (χ4n) is 3.54. The number of ether oxygens (including phenoxy) is 1. The van der Waals surface area contributed by atoms with E-state index in [4.69, 9.17) is 4.74 Å². The maximum atomic E-state index is 10.9. The number of rotatable bonds is 7. The highest BCUT2D eigenvalue weighted by Gasteiger charge is 2.17. The van der Waals surface area contributed by atoms with Gasteiger partial charge in [0.15, 0.2) is 0 Å². The minimum Gasteiger partial charge on any atom is -0.496 e. The molecule has 2 N–H and O–H groups in total. The molecule has 0 spiro atoms. The van der Waals surface area contributed by atoms with Crippen LogP contribution in [0.15, 0.2) is 47.6 Å². The Morgan fingerprint density at radius 3 is 2.71 bits per heavy atom. The first-order valence-corrected chi connectivity index (χ1v) is 9.62. The summed E-state index contributed by atoms with van der Waals surface area (Å²) in [5.41, 5.74) is 6.53. The van der Waals surface area contributed by atoms with E-state index in [9.17, 15) is 10.1 Å². The van der Waals surface area contributed by atoms with Gasteiger partial charge in [-0.3, -0.25) is 15.5 Å². The standard InChI is InChI=1S/C21H26N4O3/c1-16(22-23-19-7-6-8-20(14-19)25(26)27)17-9-10-21(28-2)18(13-17)15-24-11-4-3-5-12-24/h6-10,13-14,23H,3-5,11-12,15H2,1-2H3/p+1/b22-16-. The van der Waals surface area contributed by atoms with E-state index < -0.39 is 4.92 Å². The van der Waals surface area contributed by atoms with Gasteiger partial charge in [0, 0.05) is 17.7 Å². The Morgan fingerprint density at radius 1 is 1.21 bits per heavy atom. The van der Waals surface area contributed by atoms with E-state index in [0.717, 1.165) is 23.6 Å². The number of hydrazone groups is 1. The first-order chi connectivity index (χ1) is 13.6. The molecule has 7 nitrogen and oxygen atoms in total. The molecule has 0 aromatic heterocycles. The largest absolute Gasteiger partial charge is 0.496 e. The van der Waals surface area contributed by atoms with Crippen molar-refractivity contribution in [1.82, 2.24) is 0 Å². The lowest BCUT2D eigenvalue weighted by Crippen LogP contribution is -3.11. The van der Waals surface area contributed by atoms with E-state index in [1.807, 2.05) is 19.1 Å². The highest BCUT2D eigenvalue weighted by molar-refractivity contribution is 5.99. The van der Waals surface area contributed by atoms with E-state index in [1.165, 1.54) is 50.0 Å². The molecular weight excluding hydrogens is 356 g/mol. The second-order valence-corrected chi connectivity index (χ2v) is 7.13. The quantitative estimate of drug-likeness (QED) is 0.437. The number of methoxy groups -OCH3 is 1. The smallest absolute Gasteiger partial charge is 0.271 e. The van der Waals surface area contributed by atoms with Gasteiger partial charge in [-0.15, -0.1) is 0 Å². The molecule has 1 saturated heterocycles. The summed E-state index contributed by atoms with van der Waals surface area (Å²) in [5, 5.41) is 15.3. The Hall–Kier alpha value is -2.93. The number of piperidine rings is 1. The zero-order chi connectivity index (χ0) is 19.9. The molecular formula is C21H27N4O3+. The van der Waals surface area contributed by atoms with Crippen LogP contribution < -0.4 is 15.1 Å². The Labute approximate surface area is 165 Å². The van der Waals surface area contributed by atoms with Gasteiger partial charge >= 0.3 is 0 Å². The normalized spacial score (nSPS) is 15.3. The summed E-state index contributed by atoms with van der Waals surface area (Å²) in [6.45, 7) is 5.27. The molecule has 0 bridgehead atoms. The average molecular weight is 383 g/mol. The molecule has 1 aliphatic heterocycles. The number of non-ortho nitro benzene ring substituents is 1. The van der Waals surface area contributed by atoms with Crippen LogP contribution in [0, 0.1) is 10.1 Å². The summed E-state index contributed by atoms with van der Waals surface area (Å²) in [6, 6.07) is 12.4. The number of nitrogens with one attached hydrogen (secondary N) is 2. The molecule has 0 aliphatic carbocycles. The van der Waals surface area contributed by atoms with Crippen LogP contribution in [-0.4, -0.2) is 30.8 Å². The number of hydrogen-bond donors (Lipinski definition) is 2. The Kier molecular flexibility index (Phi) is 6.60. The summed E-state index contributed by atoms with van der Waals surface area (Å²) in [7, 11) is 1.70. The van der Waals surface area contributed by atoms with Gasteiger partial charge in [-0.2, -0.15) is 5.10 Å². The minimum absolute atomic E-state index is 0.0362. The maximum absolute atomic E-state index is 10.9. The molecule has 0 saturated carbocycles. The molecule has 0 amide bonds. The summed E-state index contributed by atoms with van der Waals surface area (Å²) >= 11 is 0. The number of benzene rings is 2. The topological polar surface area (TPSA) is 81.2 Å². The molecule has 0 atom stereocenters. The number of nitrogens with zero attached hydrogens (tertiary/aromatic N) is 2. The highest BCUT2D eigenvalue weighted by atomic mass is 16.6. The van der Waals surface area contributed by atoms with E-state index in [-0.39, 0.29) is 5.69 Å². The van der Waals surface area contributed by atoms with Gasteiger partial charge in [0.1, 0.15) is 12.3 Å². The molecule has 0 unspecified atom stereocenters. The SMILES string of the molecule is COc1ccc(/C(C)=N\Nc2cccc([N+](=O)[O-])c2)cc1C[NH+]1CCCCC1. The van der Waals surface area contributed by atoms with Crippen molar-refractivity contribution in [1.29, 1.82) is 0 Å². The zero-order valence-electron chi connectivity index (χ0n) is 16.4. The molecule has 3 rings (SSSR count). The lowest BCUT2D eigenvalue weighted by Gasteiger charge is -2.24. The van der Waals surface area contributed by atoms with Crippen LogP contribution in [0.25, 0.3) is 0 Å². The average Bonchev–Trinajstić information content (AvgIpc) is 2.73. The van der Waals surface area contributed by atoms with Gasteiger partial charge in [0.25, 0.3) is 5.69 Å². The second kappa shape index (κ2) is 9.32. The van der Waals surface area contributed by atoms with Crippen LogP contribution in [0.1, 0.15) is 37.3 Å². The third kappa shape index (κ3) is 5.07. The van der Waals surface area contributed by atoms with Crippen LogP contribution >= 0.6 is 0 Å². The summed E-state index contributed by atoms with van der Waals surface area (Å²) in [5.74, 6) is 0.904. The van der Waals surface area contributed by atoms with Crippen molar-refractivity contribution in [3.63, 3.8) is 0 Å². The van der Waals surface area contributed by atoms with Crippen LogP contribution in [0.3, 0.4) is 0 Å². The summed E-state index contributed by atoms with van der Waals surface area (Å²) < 4.78 is 5.55. The van der Waals surface area contributed by atoms with Crippen molar-refractivity contribution in [2.24, 2.45) is 5.10 Å². The van der Waals surface area contributed by atoms with E-state index in [1.54, 1.807) is 24.1 Å². The van der Waals surface area contributed by atoms with Crippen LogP contribution in [0.4, 0.5) is 11.4 Å².